The molecule has 7 heteroatoms. The molecule has 3 nitrogen and oxygen atoms in total. The van der Waals surface area contributed by atoms with Gasteiger partial charge in [0.1, 0.15) is 11.6 Å². The number of rotatable bonds is 3. The summed E-state index contributed by atoms with van der Waals surface area (Å²) in [7, 11) is -4.00. The van der Waals surface area contributed by atoms with E-state index >= 15 is 0 Å². The molecule has 0 amide bonds. The van der Waals surface area contributed by atoms with E-state index in [0.717, 1.165) is 12.1 Å². The molecule has 0 unspecified atom stereocenters. The number of nitrogens with zero attached hydrogens (tertiary/aromatic N) is 1. The van der Waals surface area contributed by atoms with Gasteiger partial charge in [0.15, 0.2) is 0 Å². The lowest BCUT2D eigenvalue weighted by Gasteiger charge is -2.14. The first-order valence-corrected chi connectivity index (χ1v) is 10.1. The summed E-state index contributed by atoms with van der Waals surface area (Å²) < 4.78 is 53.4. The molecular weight excluding hydrogens is 404 g/mol. The van der Waals surface area contributed by atoms with Crippen molar-refractivity contribution in [3.63, 3.8) is 0 Å². The highest BCUT2D eigenvalue weighted by molar-refractivity contribution is 7.91. The van der Waals surface area contributed by atoms with Gasteiger partial charge in [-0.25, -0.2) is 17.2 Å². The Kier molecular flexibility index (Phi) is 4.61. The van der Waals surface area contributed by atoms with Gasteiger partial charge in [0.2, 0.25) is 9.84 Å². The van der Waals surface area contributed by atoms with Gasteiger partial charge in [0.05, 0.1) is 15.3 Å². The molecule has 1 aromatic heterocycles. The minimum atomic E-state index is -4.00. The van der Waals surface area contributed by atoms with Crippen LogP contribution in [0.25, 0.3) is 22.0 Å². The maximum atomic E-state index is 13.6. The molecule has 0 atom stereocenters. The monoisotopic (exact) mass is 415 g/mol. The zero-order valence-electron chi connectivity index (χ0n) is 14.2. The summed E-state index contributed by atoms with van der Waals surface area (Å²) in [6.45, 7) is 0. The third kappa shape index (κ3) is 3.25. The second-order valence-electron chi connectivity index (χ2n) is 6.12. The average Bonchev–Trinajstić information content (AvgIpc) is 2.68. The third-order valence-corrected chi connectivity index (χ3v) is 6.38. The van der Waals surface area contributed by atoms with Gasteiger partial charge in [-0.3, -0.25) is 4.98 Å². The van der Waals surface area contributed by atoms with Crippen LogP contribution in [0.1, 0.15) is 0 Å². The van der Waals surface area contributed by atoms with E-state index in [1.807, 2.05) is 0 Å². The van der Waals surface area contributed by atoms with E-state index in [1.165, 1.54) is 36.5 Å². The fourth-order valence-corrected chi connectivity index (χ4v) is 4.57. The lowest BCUT2D eigenvalue weighted by atomic mass is 10.0. The van der Waals surface area contributed by atoms with Gasteiger partial charge < -0.3 is 0 Å². The molecule has 0 bridgehead atoms. The first-order valence-electron chi connectivity index (χ1n) is 8.21. The minimum Gasteiger partial charge on any atom is -0.255 e. The molecule has 0 radical (unpaired) electrons. The first-order chi connectivity index (χ1) is 13.4. The van der Waals surface area contributed by atoms with Crippen molar-refractivity contribution in [3.05, 3.63) is 89.6 Å². The van der Waals surface area contributed by atoms with Crippen molar-refractivity contribution in [2.75, 3.05) is 0 Å². The predicted octanol–water partition coefficient (Wildman–Crippen LogP) is 5.67. The Bertz CT molecular complexity index is 1290. The van der Waals surface area contributed by atoms with Crippen LogP contribution in [-0.2, 0) is 9.84 Å². The van der Waals surface area contributed by atoms with E-state index in [0.29, 0.717) is 27.1 Å². The summed E-state index contributed by atoms with van der Waals surface area (Å²) in [5.74, 6) is -1.01. The highest BCUT2D eigenvalue weighted by Gasteiger charge is 2.25. The zero-order valence-corrected chi connectivity index (χ0v) is 15.8. The Morgan fingerprint density at radius 3 is 2.14 bits per heavy atom. The molecule has 4 rings (SSSR count). The number of benzene rings is 3. The quantitative estimate of drug-likeness (QED) is 0.405. The first kappa shape index (κ1) is 18.5. The van der Waals surface area contributed by atoms with E-state index < -0.39 is 21.5 Å². The van der Waals surface area contributed by atoms with Crippen LogP contribution < -0.4 is 0 Å². The Hall–Kier alpha value is -2.83. The van der Waals surface area contributed by atoms with Gasteiger partial charge in [-0.05, 0) is 54.1 Å². The number of fused-ring (bicyclic) bond motifs is 1. The molecule has 3 aromatic carbocycles. The highest BCUT2D eigenvalue weighted by Crippen LogP contribution is 2.37. The van der Waals surface area contributed by atoms with Crippen molar-refractivity contribution in [1.29, 1.82) is 0 Å². The lowest BCUT2D eigenvalue weighted by molar-refractivity contribution is 0.595. The summed E-state index contributed by atoms with van der Waals surface area (Å²) in [5, 5.41) is 0.975. The van der Waals surface area contributed by atoms with Crippen molar-refractivity contribution in [3.8, 4) is 11.1 Å². The Labute approximate surface area is 165 Å². The van der Waals surface area contributed by atoms with Gasteiger partial charge in [0.25, 0.3) is 0 Å². The van der Waals surface area contributed by atoms with E-state index in [1.54, 1.807) is 24.3 Å². The molecule has 0 N–H and O–H groups in total. The molecule has 28 heavy (non-hydrogen) atoms. The summed E-state index contributed by atoms with van der Waals surface area (Å²) in [6.07, 6.45) is 1.20. The van der Waals surface area contributed by atoms with Crippen molar-refractivity contribution >= 4 is 32.3 Å². The topological polar surface area (TPSA) is 47.0 Å². The van der Waals surface area contributed by atoms with Gasteiger partial charge in [-0.15, -0.1) is 0 Å². The second kappa shape index (κ2) is 6.96. The maximum absolute atomic E-state index is 13.6. The standard InChI is InChI=1S/C21H12ClF2NO2S/c22-14-3-1-13(2-4-14)21-18-10-7-16(24)11-19(18)25-12-20(21)28(26,27)17-8-5-15(23)6-9-17/h1-12H. The second-order valence-corrected chi connectivity index (χ2v) is 8.48. The highest BCUT2D eigenvalue weighted by atomic mass is 35.5. The van der Waals surface area contributed by atoms with Gasteiger partial charge >= 0.3 is 0 Å². The van der Waals surface area contributed by atoms with Crippen LogP contribution in [0.5, 0.6) is 0 Å². The van der Waals surface area contributed by atoms with Crippen LogP contribution in [-0.4, -0.2) is 13.4 Å². The summed E-state index contributed by atoms with van der Waals surface area (Å²) in [6, 6.07) is 15.2. The predicted molar refractivity (Wildman–Crippen MR) is 104 cm³/mol. The normalized spacial score (nSPS) is 11.7. The van der Waals surface area contributed by atoms with Crippen molar-refractivity contribution in [2.24, 2.45) is 0 Å². The molecule has 0 saturated heterocycles. The van der Waals surface area contributed by atoms with Gasteiger partial charge in [-0.2, -0.15) is 0 Å². The van der Waals surface area contributed by atoms with Crippen LogP contribution >= 0.6 is 11.6 Å². The van der Waals surface area contributed by atoms with Crippen molar-refractivity contribution in [1.82, 2.24) is 4.98 Å². The molecule has 0 aliphatic rings. The van der Waals surface area contributed by atoms with Crippen molar-refractivity contribution in [2.45, 2.75) is 9.79 Å². The Morgan fingerprint density at radius 2 is 1.46 bits per heavy atom. The molecule has 0 aliphatic heterocycles. The zero-order chi connectivity index (χ0) is 19.9. The lowest BCUT2D eigenvalue weighted by Crippen LogP contribution is -2.06. The number of hydrogen-bond acceptors (Lipinski definition) is 3. The van der Waals surface area contributed by atoms with E-state index in [4.69, 9.17) is 11.6 Å². The SMILES string of the molecule is O=S(=O)(c1ccc(F)cc1)c1cnc2cc(F)ccc2c1-c1ccc(Cl)cc1. The summed E-state index contributed by atoms with van der Waals surface area (Å²) in [4.78, 5) is 4.02. The van der Waals surface area contributed by atoms with E-state index in [-0.39, 0.29) is 9.79 Å². The molecule has 0 spiro atoms. The Balaban J connectivity index is 2.05. The molecule has 4 aromatic rings. The van der Waals surface area contributed by atoms with Crippen molar-refractivity contribution < 1.29 is 17.2 Å². The smallest absolute Gasteiger partial charge is 0.208 e. The molecule has 0 aliphatic carbocycles. The van der Waals surface area contributed by atoms with E-state index in [9.17, 15) is 17.2 Å². The van der Waals surface area contributed by atoms with Gasteiger partial charge in [-0.1, -0.05) is 23.7 Å². The summed E-state index contributed by atoms with van der Waals surface area (Å²) >= 11 is 5.96. The number of halogens is 3. The largest absolute Gasteiger partial charge is 0.255 e. The number of aromatic nitrogens is 1. The molecule has 1 heterocycles. The fourth-order valence-electron chi connectivity index (χ4n) is 3.01. The molecule has 0 fully saturated rings. The van der Waals surface area contributed by atoms with Crippen LogP contribution in [0.15, 0.2) is 82.7 Å². The van der Waals surface area contributed by atoms with Gasteiger partial charge in [0, 0.05) is 28.2 Å². The van der Waals surface area contributed by atoms with Crippen LogP contribution in [0.3, 0.4) is 0 Å². The average molecular weight is 416 g/mol. The molecular formula is C21H12ClF2NO2S. The number of hydrogen-bond donors (Lipinski definition) is 0. The fraction of sp³-hybridized carbons (Fsp3) is 0. The van der Waals surface area contributed by atoms with E-state index in [2.05, 4.69) is 4.98 Å². The molecule has 0 saturated carbocycles. The van der Waals surface area contributed by atoms with Crippen LogP contribution in [0.4, 0.5) is 8.78 Å². The summed E-state index contributed by atoms with van der Waals surface area (Å²) in [5.41, 5.74) is 1.29. The van der Waals surface area contributed by atoms with Crippen LogP contribution in [0, 0.1) is 11.6 Å². The molecule has 140 valence electrons. The van der Waals surface area contributed by atoms with Crippen LogP contribution in [0.2, 0.25) is 5.02 Å². The third-order valence-electron chi connectivity index (χ3n) is 4.34. The minimum absolute atomic E-state index is 0.0551. The maximum Gasteiger partial charge on any atom is 0.208 e. The number of pyridine rings is 1. The number of sulfone groups is 1. The Morgan fingerprint density at radius 1 is 0.821 bits per heavy atom.